The molecule has 2 rings (SSSR count). The molecule has 104 valence electrons. The number of Topliss-reactive ketones (excluding diaryl/α,β-unsaturated/α-hetero) is 1. The van der Waals surface area contributed by atoms with Crippen LogP contribution in [-0.4, -0.2) is 28.2 Å². The van der Waals surface area contributed by atoms with E-state index >= 15 is 0 Å². The molecular formula is C15H14O5. The molecule has 3 N–H and O–H groups in total. The van der Waals surface area contributed by atoms with Crippen LogP contribution in [0.15, 0.2) is 36.4 Å². The minimum atomic E-state index is -0.451. The lowest BCUT2D eigenvalue weighted by molar-refractivity contribution is 0.0987. The number of ketones is 1. The third-order valence-corrected chi connectivity index (χ3v) is 2.86. The molecule has 0 spiro atoms. The lowest BCUT2D eigenvalue weighted by atomic mass is 10.0. The van der Waals surface area contributed by atoms with Gasteiger partial charge in [-0.15, -0.1) is 0 Å². The lowest BCUT2D eigenvalue weighted by Gasteiger charge is -2.08. The van der Waals surface area contributed by atoms with E-state index in [1.165, 1.54) is 7.11 Å². The minimum absolute atomic E-state index is 0.00307. The molecule has 2 aromatic rings. The second-order valence-corrected chi connectivity index (χ2v) is 4.31. The van der Waals surface area contributed by atoms with Crippen LogP contribution in [0.25, 0.3) is 0 Å². The average molecular weight is 274 g/mol. The summed E-state index contributed by atoms with van der Waals surface area (Å²) in [6.45, 7) is 0. The van der Waals surface area contributed by atoms with Gasteiger partial charge in [0, 0.05) is 18.6 Å². The Morgan fingerprint density at radius 2 is 1.75 bits per heavy atom. The van der Waals surface area contributed by atoms with Crippen molar-refractivity contribution < 1.29 is 24.9 Å². The maximum Gasteiger partial charge on any atom is 0.174 e. The van der Waals surface area contributed by atoms with E-state index in [0.29, 0.717) is 11.3 Å². The van der Waals surface area contributed by atoms with Gasteiger partial charge in [0.1, 0.15) is 28.6 Å². The lowest BCUT2D eigenvalue weighted by Crippen LogP contribution is -2.04. The molecule has 0 aliphatic heterocycles. The van der Waals surface area contributed by atoms with Crippen LogP contribution < -0.4 is 4.74 Å². The van der Waals surface area contributed by atoms with Gasteiger partial charge in [-0.05, 0) is 17.7 Å². The number of ether oxygens (including phenoxy) is 1. The number of hydrogen-bond acceptors (Lipinski definition) is 5. The Bertz CT molecular complexity index is 625. The minimum Gasteiger partial charge on any atom is -0.508 e. The monoisotopic (exact) mass is 274 g/mol. The summed E-state index contributed by atoms with van der Waals surface area (Å²) in [5.41, 5.74) is 0.492. The third-order valence-electron chi connectivity index (χ3n) is 2.86. The zero-order chi connectivity index (χ0) is 14.7. The number of rotatable bonds is 4. The molecule has 0 radical (unpaired) electrons. The quantitative estimate of drug-likeness (QED) is 0.744. The topological polar surface area (TPSA) is 87.0 Å². The van der Waals surface area contributed by atoms with Gasteiger partial charge in [0.2, 0.25) is 0 Å². The van der Waals surface area contributed by atoms with Crippen LogP contribution in [0.3, 0.4) is 0 Å². The first-order chi connectivity index (χ1) is 9.51. The van der Waals surface area contributed by atoms with Gasteiger partial charge in [-0.3, -0.25) is 4.79 Å². The van der Waals surface area contributed by atoms with E-state index < -0.39 is 17.3 Å². The smallest absolute Gasteiger partial charge is 0.174 e. The maximum absolute atomic E-state index is 12.1. The van der Waals surface area contributed by atoms with Gasteiger partial charge in [0.15, 0.2) is 5.78 Å². The van der Waals surface area contributed by atoms with E-state index in [9.17, 15) is 20.1 Å². The Morgan fingerprint density at radius 3 is 2.35 bits per heavy atom. The normalized spacial score (nSPS) is 10.2. The van der Waals surface area contributed by atoms with Crippen molar-refractivity contribution in [2.45, 2.75) is 6.42 Å². The van der Waals surface area contributed by atoms with Gasteiger partial charge in [0.25, 0.3) is 0 Å². The van der Waals surface area contributed by atoms with E-state index in [1.54, 1.807) is 24.3 Å². The molecule has 2 aromatic carbocycles. The molecule has 20 heavy (non-hydrogen) atoms. The highest BCUT2D eigenvalue weighted by atomic mass is 16.5. The summed E-state index contributed by atoms with van der Waals surface area (Å²) >= 11 is 0. The highest BCUT2D eigenvalue weighted by molar-refractivity contribution is 6.02. The highest BCUT2D eigenvalue weighted by Crippen LogP contribution is 2.32. The maximum atomic E-state index is 12.1. The largest absolute Gasteiger partial charge is 0.508 e. The van der Waals surface area contributed by atoms with Crippen molar-refractivity contribution in [3.05, 3.63) is 47.5 Å². The highest BCUT2D eigenvalue weighted by Gasteiger charge is 2.18. The predicted octanol–water partition coefficient (Wildman–Crippen LogP) is 2.24. The second kappa shape index (κ2) is 5.52. The second-order valence-electron chi connectivity index (χ2n) is 4.31. The predicted molar refractivity (Wildman–Crippen MR) is 72.5 cm³/mol. The van der Waals surface area contributed by atoms with Crippen LogP contribution in [0.5, 0.6) is 23.0 Å². The number of benzene rings is 2. The van der Waals surface area contributed by atoms with E-state index in [0.717, 1.165) is 12.1 Å². The first-order valence-electron chi connectivity index (χ1n) is 5.92. The Balaban J connectivity index is 2.28. The van der Waals surface area contributed by atoms with Gasteiger partial charge >= 0.3 is 0 Å². The zero-order valence-corrected chi connectivity index (χ0v) is 10.8. The van der Waals surface area contributed by atoms with Gasteiger partial charge in [0.05, 0.1) is 7.11 Å². The fourth-order valence-corrected chi connectivity index (χ4v) is 1.94. The SMILES string of the molecule is COc1cccc(CC(=O)c2c(O)cc(O)cc2O)c1. The Morgan fingerprint density at radius 1 is 1.10 bits per heavy atom. The zero-order valence-electron chi connectivity index (χ0n) is 10.8. The Kier molecular flexibility index (Phi) is 3.79. The molecule has 0 atom stereocenters. The van der Waals surface area contributed by atoms with Crippen molar-refractivity contribution in [2.75, 3.05) is 7.11 Å². The summed E-state index contributed by atoms with van der Waals surface area (Å²) in [5.74, 6) is -1.04. The molecule has 0 amide bonds. The Labute approximate surface area is 115 Å². The summed E-state index contributed by atoms with van der Waals surface area (Å²) in [5, 5.41) is 28.5. The van der Waals surface area contributed by atoms with Gasteiger partial charge in [-0.2, -0.15) is 0 Å². The van der Waals surface area contributed by atoms with Gasteiger partial charge < -0.3 is 20.1 Å². The molecule has 0 saturated heterocycles. The van der Waals surface area contributed by atoms with E-state index in [1.807, 2.05) is 0 Å². The summed E-state index contributed by atoms with van der Waals surface area (Å²) in [6.07, 6.45) is 0.00307. The Hall–Kier alpha value is -2.69. The molecule has 5 heteroatoms. The van der Waals surface area contributed by atoms with Gasteiger partial charge in [-0.25, -0.2) is 0 Å². The number of phenolic OH excluding ortho intramolecular Hbond substituents is 3. The molecule has 0 aliphatic carbocycles. The fraction of sp³-hybridized carbons (Fsp3) is 0.133. The first kappa shape index (κ1) is 13.7. The first-order valence-corrected chi connectivity index (χ1v) is 5.92. The number of phenols is 3. The molecule has 0 aromatic heterocycles. The fourth-order valence-electron chi connectivity index (χ4n) is 1.94. The van der Waals surface area contributed by atoms with Crippen LogP contribution in [0.4, 0.5) is 0 Å². The summed E-state index contributed by atoms with van der Waals surface area (Å²) in [6, 6.07) is 8.97. The number of hydrogen-bond donors (Lipinski definition) is 3. The number of carbonyl (C=O) groups excluding carboxylic acids is 1. The van der Waals surface area contributed by atoms with Crippen LogP contribution in [-0.2, 0) is 6.42 Å². The van der Waals surface area contributed by atoms with Gasteiger partial charge in [-0.1, -0.05) is 12.1 Å². The van der Waals surface area contributed by atoms with Crippen LogP contribution in [0.2, 0.25) is 0 Å². The standard InChI is InChI=1S/C15H14O5/c1-20-11-4-2-3-9(5-11)6-12(17)15-13(18)7-10(16)8-14(15)19/h2-5,7-8,16,18-19H,6H2,1H3. The third kappa shape index (κ3) is 2.83. The van der Waals surface area contributed by atoms with Crippen molar-refractivity contribution in [3.8, 4) is 23.0 Å². The number of aromatic hydroxyl groups is 3. The van der Waals surface area contributed by atoms with Crippen molar-refractivity contribution in [1.82, 2.24) is 0 Å². The van der Waals surface area contributed by atoms with E-state index in [-0.39, 0.29) is 17.7 Å². The van der Waals surface area contributed by atoms with Crippen molar-refractivity contribution in [2.24, 2.45) is 0 Å². The van der Waals surface area contributed by atoms with Crippen LogP contribution in [0.1, 0.15) is 15.9 Å². The summed E-state index contributed by atoms with van der Waals surface area (Å²) < 4.78 is 5.06. The van der Waals surface area contributed by atoms with Crippen molar-refractivity contribution in [3.63, 3.8) is 0 Å². The molecule has 0 aliphatic rings. The van der Waals surface area contributed by atoms with Crippen molar-refractivity contribution in [1.29, 1.82) is 0 Å². The van der Waals surface area contributed by atoms with E-state index in [4.69, 9.17) is 4.74 Å². The molecule has 0 saturated carbocycles. The van der Waals surface area contributed by atoms with E-state index in [2.05, 4.69) is 0 Å². The average Bonchev–Trinajstić information content (AvgIpc) is 2.37. The molecule has 0 unspecified atom stereocenters. The molecule has 0 fully saturated rings. The molecule has 0 bridgehead atoms. The number of carbonyl (C=O) groups is 1. The summed E-state index contributed by atoms with van der Waals surface area (Å²) in [7, 11) is 1.53. The number of methoxy groups -OCH3 is 1. The molecule has 0 heterocycles. The van der Waals surface area contributed by atoms with Crippen molar-refractivity contribution >= 4 is 5.78 Å². The van der Waals surface area contributed by atoms with Crippen LogP contribution >= 0.6 is 0 Å². The summed E-state index contributed by atoms with van der Waals surface area (Å²) in [4.78, 5) is 12.1. The van der Waals surface area contributed by atoms with Crippen LogP contribution in [0, 0.1) is 0 Å². The molecule has 5 nitrogen and oxygen atoms in total. The molecular weight excluding hydrogens is 260 g/mol.